The molecule has 22 heavy (non-hydrogen) atoms. The minimum atomic E-state index is -0.332. The van der Waals surface area contributed by atoms with Crippen molar-refractivity contribution in [3.05, 3.63) is 47.9 Å². The molecule has 0 unspecified atom stereocenters. The normalized spacial score (nSPS) is 12.3. The van der Waals surface area contributed by atoms with Gasteiger partial charge in [-0.15, -0.1) is 11.3 Å². The zero-order chi connectivity index (χ0) is 15.5. The number of amides is 1. The van der Waals surface area contributed by atoms with Gasteiger partial charge in [0.05, 0.1) is 5.25 Å². The van der Waals surface area contributed by atoms with Crippen molar-refractivity contribution in [2.45, 2.75) is 17.2 Å². The third-order valence-corrected chi connectivity index (χ3v) is 4.93. The third kappa shape index (κ3) is 3.26. The number of carbonyl (C=O) groups is 1. The van der Waals surface area contributed by atoms with Crippen LogP contribution in [0.1, 0.15) is 6.92 Å². The highest BCUT2D eigenvalue weighted by Gasteiger charge is 2.17. The van der Waals surface area contributed by atoms with Gasteiger partial charge in [-0.1, -0.05) is 11.8 Å². The number of thioether (sulfide) groups is 1. The van der Waals surface area contributed by atoms with E-state index in [0.29, 0.717) is 5.69 Å². The monoisotopic (exact) mass is 333 g/mol. The number of fused-ring (bicyclic) bond motifs is 1. The summed E-state index contributed by atoms with van der Waals surface area (Å²) < 4.78 is 12.9. The molecule has 0 radical (unpaired) electrons. The van der Waals surface area contributed by atoms with Crippen molar-refractivity contribution in [3.8, 4) is 0 Å². The average Bonchev–Trinajstić information content (AvgIpc) is 2.99. The topological polar surface area (TPSA) is 54.9 Å². The lowest BCUT2D eigenvalue weighted by Crippen LogP contribution is -2.22. The van der Waals surface area contributed by atoms with Crippen LogP contribution in [0.4, 0.5) is 10.1 Å². The van der Waals surface area contributed by atoms with Gasteiger partial charge in [-0.2, -0.15) is 0 Å². The van der Waals surface area contributed by atoms with Gasteiger partial charge >= 0.3 is 0 Å². The number of hydrogen-bond donors (Lipinski definition) is 1. The number of hydrogen-bond acceptors (Lipinski definition) is 5. The van der Waals surface area contributed by atoms with Crippen LogP contribution in [0.5, 0.6) is 0 Å². The summed E-state index contributed by atoms with van der Waals surface area (Å²) in [6.07, 6.45) is 1.51. The number of thiophene rings is 1. The Morgan fingerprint density at radius 3 is 2.82 bits per heavy atom. The van der Waals surface area contributed by atoms with Gasteiger partial charge in [0.25, 0.3) is 0 Å². The predicted octanol–water partition coefficient (Wildman–Crippen LogP) is 3.95. The van der Waals surface area contributed by atoms with E-state index in [1.54, 1.807) is 11.3 Å². The van der Waals surface area contributed by atoms with Crippen LogP contribution in [0.3, 0.4) is 0 Å². The first-order valence-corrected chi connectivity index (χ1v) is 8.31. The molecule has 0 aliphatic carbocycles. The molecule has 1 atom stereocenters. The molecule has 1 amide bonds. The number of rotatable bonds is 4. The first-order chi connectivity index (χ1) is 10.6. The van der Waals surface area contributed by atoms with Crippen molar-refractivity contribution in [2.24, 2.45) is 0 Å². The van der Waals surface area contributed by atoms with Gasteiger partial charge in [0.1, 0.15) is 22.0 Å². The quantitative estimate of drug-likeness (QED) is 0.580. The van der Waals surface area contributed by atoms with Gasteiger partial charge in [0.15, 0.2) is 0 Å². The molecule has 0 spiro atoms. The number of halogens is 1. The SMILES string of the molecule is C[C@@H](Sc1ncnc2sccc12)C(=O)Nc1ccc(F)cc1. The highest BCUT2D eigenvalue weighted by Crippen LogP contribution is 2.30. The number of carbonyl (C=O) groups excluding carboxylic acids is 1. The van der Waals surface area contributed by atoms with Crippen LogP contribution in [0.25, 0.3) is 10.2 Å². The smallest absolute Gasteiger partial charge is 0.237 e. The maximum Gasteiger partial charge on any atom is 0.237 e. The molecule has 3 rings (SSSR count). The summed E-state index contributed by atoms with van der Waals surface area (Å²) in [7, 11) is 0. The molecule has 0 saturated heterocycles. The Kier molecular flexibility index (Phi) is 4.35. The van der Waals surface area contributed by atoms with Crippen molar-refractivity contribution in [2.75, 3.05) is 5.32 Å². The van der Waals surface area contributed by atoms with Crippen LogP contribution >= 0.6 is 23.1 Å². The molecule has 112 valence electrons. The highest BCUT2D eigenvalue weighted by molar-refractivity contribution is 8.00. The van der Waals surface area contributed by atoms with E-state index in [9.17, 15) is 9.18 Å². The van der Waals surface area contributed by atoms with E-state index in [2.05, 4.69) is 15.3 Å². The van der Waals surface area contributed by atoms with E-state index in [4.69, 9.17) is 0 Å². The molecule has 7 heteroatoms. The number of nitrogens with zero attached hydrogens (tertiary/aromatic N) is 2. The lowest BCUT2D eigenvalue weighted by Gasteiger charge is -2.11. The lowest BCUT2D eigenvalue weighted by molar-refractivity contribution is -0.115. The first kappa shape index (κ1) is 14.9. The van der Waals surface area contributed by atoms with Gasteiger partial charge in [-0.05, 0) is 42.6 Å². The molecule has 0 fully saturated rings. The molecular formula is C15H12FN3OS2. The fourth-order valence-corrected chi connectivity index (χ4v) is 3.56. The van der Waals surface area contributed by atoms with Crippen LogP contribution < -0.4 is 5.32 Å². The maximum atomic E-state index is 12.9. The number of nitrogens with one attached hydrogen (secondary N) is 1. The largest absolute Gasteiger partial charge is 0.325 e. The van der Waals surface area contributed by atoms with Gasteiger partial charge in [-0.25, -0.2) is 14.4 Å². The summed E-state index contributed by atoms with van der Waals surface area (Å²) in [4.78, 5) is 21.6. The number of aromatic nitrogens is 2. The lowest BCUT2D eigenvalue weighted by atomic mass is 10.3. The molecule has 0 aliphatic heterocycles. The van der Waals surface area contributed by atoms with Crippen LogP contribution in [0.15, 0.2) is 47.1 Å². The molecule has 2 heterocycles. The van der Waals surface area contributed by atoms with Gasteiger partial charge in [-0.3, -0.25) is 4.79 Å². The second-order valence-electron chi connectivity index (χ2n) is 4.57. The summed E-state index contributed by atoms with van der Waals surface area (Å²) in [5, 5.41) is 6.13. The minimum Gasteiger partial charge on any atom is -0.325 e. The van der Waals surface area contributed by atoms with Crippen LogP contribution in [0.2, 0.25) is 0 Å². The maximum absolute atomic E-state index is 12.9. The first-order valence-electron chi connectivity index (χ1n) is 6.55. The van der Waals surface area contributed by atoms with Gasteiger partial charge in [0, 0.05) is 11.1 Å². The second kappa shape index (κ2) is 6.41. The van der Waals surface area contributed by atoms with Crippen molar-refractivity contribution in [3.63, 3.8) is 0 Å². The van der Waals surface area contributed by atoms with E-state index < -0.39 is 0 Å². The van der Waals surface area contributed by atoms with Crippen LogP contribution in [-0.2, 0) is 4.79 Å². The molecule has 3 aromatic rings. The van der Waals surface area contributed by atoms with Crippen LogP contribution in [0, 0.1) is 5.82 Å². The molecule has 1 N–H and O–H groups in total. The highest BCUT2D eigenvalue weighted by atomic mass is 32.2. The third-order valence-electron chi connectivity index (χ3n) is 2.99. The molecule has 2 aromatic heterocycles. The predicted molar refractivity (Wildman–Crippen MR) is 87.8 cm³/mol. The summed E-state index contributed by atoms with van der Waals surface area (Å²) >= 11 is 2.92. The Morgan fingerprint density at radius 1 is 1.27 bits per heavy atom. The van der Waals surface area contributed by atoms with Crippen molar-refractivity contribution >= 4 is 44.9 Å². The zero-order valence-corrected chi connectivity index (χ0v) is 13.2. The van der Waals surface area contributed by atoms with E-state index >= 15 is 0 Å². The fraction of sp³-hybridized carbons (Fsp3) is 0.133. The number of anilines is 1. The van der Waals surface area contributed by atoms with E-state index in [1.807, 2.05) is 18.4 Å². The van der Waals surface area contributed by atoms with Gasteiger partial charge in [0.2, 0.25) is 5.91 Å². The summed E-state index contributed by atoms with van der Waals surface area (Å²) in [5.74, 6) is -0.486. The zero-order valence-electron chi connectivity index (χ0n) is 11.6. The van der Waals surface area contributed by atoms with E-state index in [0.717, 1.165) is 15.2 Å². The van der Waals surface area contributed by atoms with E-state index in [-0.39, 0.29) is 17.0 Å². The van der Waals surface area contributed by atoms with Gasteiger partial charge < -0.3 is 5.32 Å². The Hall–Kier alpha value is -1.99. The standard InChI is InChI=1S/C15H12FN3OS2/c1-9(13(20)19-11-4-2-10(16)3-5-11)22-15-12-6-7-21-14(12)17-8-18-15/h2-9H,1H3,(H,19,20)/t9-/m1/s1. The van der Waals surface area contributed by atoms with Crippen molar-refractivity contribution < 1.29 is 9.18 Å². The summed E-state index contributed by atoms with van der Waals surface area (Å²) in [6.45, 7) is 1.81. The average molecular weight is 333 g/mol. The Labute approximate surface area is 134 Å². The molecular weight excluding hydrogens is 321 g/mol. The molecule has 1 aromatic carbocycles. The van der Waals surface area contributed by atoms with Crippen LogP contribution in [-0.4, -0.2) is 21.1 Å². The summed E-state index contributed by atoms with van der Waals surface area (Å²) in [6, 6.07) is 7.64. The molecule has 4 nitrogen and oxygen atoms in total. The Bertz CT molecular complexity index is 804. The fourth-order valence-electron chi connectivity index (χ4n) is 1.86. The van der Waals surface area contributed by atoms with E-state index in [1.165, 1.54) is 42.4 Å². The Morgan fingerprint density at radius 2 is 2.05 bits per heavy atom. The molecule has 0 bridgehead atoms. The second-order valence-corrected chi connectivity index (χ2v) is 6.80. The summed E-state index contributed by atoms with van der Waals surface area (Å²) in [5.41, 5.74) is 0.571. The van der Waals surface area contributed by atoms with Crippen molar-refractivity contribution in [1.82, 2.24) is 9.97 Å². The molecule has 0 aliphatic rings. The minimum absolute atomic E-state index is 0.154. The van der Waals surface area contributed by atoms with Crippen molar-refractivity contribution in [1.29, 1.82) is 0 Å². The number of benzene rings is 1. The Balaban J connectivity index is 1.71. The molecule has 0 saturated carbocycles.